The van der Waals surface area contributed by atoms with Crippen molar-refractivity contribution in [3.63, 3.8) is 0 Å². The van der Waals surface area contributed by atoms with Crippen LogP contribution in [0.25, 0.3) is 0 Å². The first kappa shape index (κ1) is 11.3. The highest BCUT2D eigenvalue weighted by Crippen LogP contribution is 2.48. The zero-order chi connectivity index (χ0) is 11.9. The summed E-state index contributed by atoms with van der Waals surface area (Å²) in [5.41, 5.74) is 2.11. The average Bonchev–Trinajstić information content (AvgIpc) is 2.47. The molecule has 0 fully saturated rings. The molecule has 0 radical (unpaired) electrons. The highest BCUT2D eigenvalue weighted by Gasteiger charge is 2.37. The van der Waals surface area contributed by atoms with Crippen LogP contribution < -0.4 is 9.47 Å². The van der Waals surface area contributed by atoms with E-state index in [1.54, 1.807) is 14.2 Å². The highest BCUT2D eigenvalue weighted by molar-refractivity contribution is 5.52. The topological polar surface area (TPSA) is 38.7 Å². The summed E-state index contributed by atoms with van der Waals surface area (Å²) in [5.74, 6) is 1.40. The summed E-state index contributed by atoms with van der Waals surface area (Å²) in [6.07, 6.45) is 0.350. The predicted octanol–water partition coefficient (Wildman–Crippen LogP) is 2.42. The summed E-state index contributed by atoms with van der Waals surface area (Å²) in [4.78, 5) is 0. The molecule has 1 aliphatic carbocycles. The first-order chi connectivity index (χ1) is 7.49. The van der Waals surface area contributed by atoms with Crippen LogP contribution >= 0.6 is 0 Å². The van der Waals surface area contributed by atoms with Crippen molar-refractivity contribution >= 4 is 0 Å². The fourth-order valence-corrected chi connectivity index (χ4v) is 2.46. The Morgan fingerprint density at radius 1 is 1.19 bits per heavy atom. The molecule has 0 amide bonds. The molecule has 3 heteroatoms. The summed E-state index contributed by atoms with van der Waals surface area (Å²) < 4.78 is 10.5. The molecular weight excluding hydrogens is 204 g/mol. The van der Waals surface area contributed by atoms with Crippen molar-refractivity contribution in [2.45, 2.75) is 31.8 Å². The molecule has 88 valence electrons. The third-order valence-corrected chi connectivity index (χ3v) is 3.35. The van der Waals surface area contributed by atoms with Crippen LogP contribution in [0.2, 0.25) is 0 Å². The summed E-state index contributed by atoms with van der Waals surface area (Å²) >= 11 is 0. The van der Waals surface area contributed by atoms with Crippen LogP contribution in [0.4, 0.5) is 0 Å². The zero-order valence-corrected chi connectivity index (χ0v) is 10.2. The number of methoxy groups -OCH3 is 2. The quantitative estimate of drug-likeness (QED) is 0.835. The van der Waals surface area contributed by atoms with Crippen LogP contribution in [0, 0.1) is 0 Å². The summed E-state index contributed by atoms with van der Waals surface area (Å²) in [6.45, 7) is 4.27. The Balaban J connectivity index is 2.59. The normalized spacial score (nSPS) is 21.7. The van der Waals surface area contributed by atoms with Gasteiger partial charge in [0.05, 0.1) is 20.3 Å². The van der Waals surface area contributed by atoms with Crippen LogP contribution in [0.15, 0.2) is 12.1 Å². The molecule has 0 spiro atoms. The van der Waals surface area contributed by atoms with Gasteiger partial charge in [-0.15, -0.1) is 0 Å². The molecule has 0 bridgehead atoms. The molecule has 0 aliphatic heterocycles. The lowest BCUT2D eigenvalue weighted by Gasteiger charge is -2.19. The van der Waals surface area contributed by atoms with E-state index in [9.17, 15) is 5.11 Å². The average molecular weight is 222 g/mol. The van der Waals surface area contributed by atoms with Crippen molar-refractivity contribution in [1.29, 1.82) is 0 Å². The van der Waals surface area contributed by atoms with Gasteiger partial charge in [-0.25, -0.2) is 0 Å². The summed E-state index contributed by atoms with van der Waals surface area (Å²) in [7, 11) is 3.24. The molecule has 0 heterocycles. The molecule has 0 aromatic heterocycles. The van der Waals surface area contributed by atoms with Crippen molar-refractivity contribution in [3.8, 4) is 11.5 Å². The van der Waals surface area contributed by atoms with Gasteiger partial charge in [-0.2, -0.15) is 0 Å². The second-order valence-electron chi connectivity index (χ2n) is 4.90. The smallest absolute Gasteiger partial charge is 0.161 e. The van der Waals surface area contributed by atoms with Crippen molar-refractivity contribution in [3.05, 3.63) is 23.3 Å². The van der Waals surface area contributed by atoms with Gasteiger partial charge in [-0.1, -0.05) is 13.8 Å². The maximum atomic E-state index is 10.0. The van der Waals surface area contributed by atoms with Gasteiger partial charge in [-0.3, -0.25) is 0 Å². The van der Waals surface area contributed by atoms with Gasteiger partial charge in [0.25, 0.3) is 0 Å². The van der Waals surface area contributed by atoms with E-state index < -0.39 is 6.10 Å². The molecule has 0 saturated carbocycles. The number of hydrogen-bond donors (Lipinski definition) is 1. The predicted molar refractivity (Wildman–Crippen MR) is 62.1 cm³/mol. The van der Waals surface area contributed by atoms with Crippen LogP contribution in [0.5, 0.6) is 11.5 Å². The Kier molecular flexibility index (Phi) is 2.58. The number of hydrogen-bond acceptors (Lipinski definition) is 3. The Bertz CT molecular complexity index is 410. The molecule has 1 aromatic carbocycles. The van der Waals surface area contributed by atoms with Crippen molar-refractivity contribution in [1.82, 2.24) is 0 Å². The van der Waals surface area contributed by atoms with Crippen LogP contribution in [-0.4, -0.2) is 19.3 Å². The monoisotopic (exact) mass is 222 g/mol. The Morgan fingerprint density at radius 2 is 1.75 bits per heavy atom. The lowest BCUT2D eigenvalue weighted by molar-refractivity contribution is 0.161. The molecule has 16 heavy (non-hydrogen) atoms. The first-order valence-electron chi connectivity index (χ1n) is 5.44. The second kappa shape index (κ2) is 3.67. The van der Waals surface area contributed by atoms with Crippen LogP contribution in [0.3, 0.4) is 0 Å². The lowest BCUT2D eigenvalue weighted by Crippen LogP contribution is -2.12. The summed E-state index contributed by atoms with van der Waals surface area (Å²) in [5, 5.41) is 10.0. The van der Waals surface area contributed by atoms with Gasteiger partial charge in [0.2, 0.25) is 0 Å². The van der Waals surface area contributed by atoms with E-state index in [0.717, 1.165) is 23.3 Å². The molecule has 0 saturated heterocycles. The third-order valence-electron chi connectivity index (χ3n) is 3.35. The van der Waals surface area contributed by atoms with Gasteiger partial charge >= 0.3 is 0 Å². The maximum absolute atomic E-state index is 10.0. The fourth-order valence-electron chi connectivity index (χ4n) is 2.46. The van der Waals surface area contributed by atoms with E-state index in [2.05, 4.69) is 13.8 Å². The van der Waals surface area contributed by atoms with Gasteiger partial charge in [0.15, 0.2) is 11.5 Å². The largest absolute Gasteiger partial charge is 0.493 e. The Morgan fingerprint density at radius 3 is 2.31 bits per heavy atom. The number of aliphatic hydroxyl groups is 1. The Hall–Kier alpha value is -1.22. The highest BCUT2D eigenvalue weighted by atomic mass is 16.5. The van der Waals surface area contributed by atoms with E-state index >= 15 is 0 Å². The molecule has 1 aliphatic rings. The minimum Gasteiger partial charge on any atom is -0.493 e. The lowest BCUT2D eigenvalue weighted by atomic mass is 9.86. The van der Waals surface area contributed by atoms with E-state index in [1.165, 1.54) is 0 Å². The van der Waals surface area contributed by atoms with E-state index in [-0.39, 0.29) is 5.41 Å². The molecule has 3 nitrogen and oxygen atoms in total. The number of fused-ring (bicyclic) bond motifs is 1. The standard InChI is InChI=1S/C13H18O3/c1-13(2)7-10(14)8-5-11(15-3)12(16-4)6-9(8)13/h5-6,10,14H,7H2,1-4H3/t10-/m1/s1. The van der Waals surface area contributed by atoms with Gasteiger partial charge in [0.1, 0.15) is 0 Å². The number of rotatable bonds is 2. The van der Waals surface area contributed by atoms with Gasteiger partial charge in [0, 0.05) is 0 Å². The second-order valence-corrected chi connectivity index (χ2v) is 4.90. The Labute approximate surface area is 96.0 Å². The summed E-state index contributed by atoms with van der Waals surface area (Å²) in [6, 6.07) is 3.86. The first-order valence-corrected chi connectivity index (χ1v) is 5.44. The maximum Gasteiger partial charge on any atom is 0.161 e. The minimum absolute atomic E-state index is 0.00565. The van der Waals surface area contributed by atoms with Crippen molar-refractivity contribution in [2.24, 2.45) is 0 Å². The van der Waals surface area contributed by atoms with Crippen molar-refractivity contribution < 1.29 is 14.6 Å². The third kappa shape index (κ3) is 1.55. The van der Waals surface area contributed by atoms with E-state index in [0.29, 0.717) is 5.75 Å². The molecule has 1 aromatic rings. The SMILES string of the molecule is COc1cc2c(cc1OC)C(C)(C)C[C@H]2O. The van der Waals surface area contributed by atoms with E-state index in [4.69, 9.17) is 9.47 Å². The van der Waals surface area contributed by atoms with Crippen LogP contribution in [-0.2, 0) is 5.41 Å². The number of aliphatic hydroxyl groups excluding tert-OH is 1. The minimum atomic E-state index is -0.398. The van der Waals surface area contributed by atoms with Crippen molar-refractivity contribution in [2.75, 3.05) is 14.2 Å². The molecule has 2 rings (SSSR count). The number of ether oxygens (including phenoxy) is 2. The number of benzene rings is 1. The van der Waals surface area contributed by atoms with Gasteiger partial charge < -0.3 is 14.6 Å². The molecule has 1 N–H and O–H groups in total. The molecule has 1 atom stereocenters. The molecule has 0 unspecified atom stereocenters. The van der Waals surface area contributed by atoms with Crippen LogP contribution in [0.1, 0.15) is 37.5 Å². The van der Waals surface area contributed by atoms with E-state index in [1.807, 2.05) is 12.1 Å². The molecular formula is C13H18O3. The zero-order valence-electron chi connectivity index (χ0n) is 10.2. The van der Waals surface area contributed by atoms with Gasteiger partial charge in [-0.05, 0) is 35.1 Å². The fraction of sp³-hybridized carbons (Fsp3) is 0.538.